The summed E-state index contributed by atoms with van der Waals surface area (Å²) in [6, 6.07) is 0. The lowest BCUT2D eigenvalue weighted by atomic mass is 10.3. The van der Waals surface area contributed by atoms with Gasteiger partial charge in [-0.3, -0.25) is 4.99 Å². The summed E-state index contributed by atoms with van der Waals surface area (Å²) in [5.74, 6) is 0.633. The van der Waals surface area contributed by atoms with Gasteiger partial charge in [-0.1, -0.05) is 0 Å². The second kappa shape index (κ2) is 4.48. The van der Waals surface area contributed by atoms with Gasteiger partial charge in [-0.25, -0.2) is 4.98 Å². The minimum absolute atomic E-state index is 0.633. The standard InChI is InChI=1S/C9H15N5S/c1-11-8(10)13-3-5-14(6-4-13)9-12-2-7-15-9/h2,7H,3-6H2,1H3,(H2,10,11). The highest BCUT2D eigenvalue weighted by Gasteiger charge is 2.19. The first-order valence-corrected chi connectivity index (χ1v) is 5.81. The number of aromatic nitrogens is 1. The van der Waals surface area contributed by atoms with Crippen molar-refractivity contribution in [1.82, 2.24) is 9.88 Å². The fourth-order valence-electron chi connectivity index (χ4n) is 1.64. The zero-order valence-electron chi connectivity index (χ0n) is 8.76. The quantitative estimate of drug-likeness (QED) is 0.548. The van der Waals surface area contributed by atoms with E-state index in [0.717, 1.165) is 31.3 Å². The van der Waals surface area contributed by atoms with Crippen molar-refractivity contribution in [3.05, 3.63) is 11.6 Å². The maximum Gasteiger partial charge on any atom is 0.191 e. The van der Waals surface area contributed by atoms with Crippen molar-refractivity contribution in [2.75, 3.05) is 38.1 Å². The SMILES string of the molecule is CN=C(N)N1CCN(c2nccs2)CC1. The molecular formula is C9H15N5S. The van der Waals surface area contributed by atoms with Crippen LogP contribution in [0.2, 0.25) is 0 Å². The molecule has 82 valence electrons. The highest BCUT2D eigenvalue weighted by Crippen LogP contribution is 2.18. The number of nitrogens with zero attached hydrogens (tertiary/aromatic N) is 4. The third-order valence-corrected chi connectivity index (χ3v) is 3.35. The second-order valence-corrected chi connectivity index (χ2v) is 4.24. The zero-order chi connectivity index (χ0) is 10.7. The summed E-state index contributed by atoms with van der Waals surface area (Å²) in [4.78, 5) is 12.7. The number of nitrogens with two attached hydrogens (primary N) is 1. The number of anilines is 1. The van der Waals surface area contributed by atoms with E-state index >= 15 is 0 Å². The summed E-state index contributed by atoms with van der Waals surface area (Å²) in [6.45, 7) is 3.76. The van der Waals surface area contributed by atoms with E-state index in [1.807, 2.05) is 11.6 Å². The molecule has 2 N–H and O–H groups in total. The van der Waals surface area contributed by atoms with Crippen LogP contribution in [0, 0.1) is 0 Å². The Morgan fingerprint density at radius 3 is 2.73 bits per heavy atom. The predicted octanol–water partition coefficient (Wildman–Crippen LogP) is 0.210. The summed E-state index contributed by atoms with van der Waals surface area (Å²) in [5, 5.41) is 3.10. The Hall–Kier alpha value is -1.30. The first-order chi connectivity index (χ1) is 7.31. The summed E-state index contributed by atoms with van der Waals surface area (Å²) in [5.41, 5.74) is 5.76. The van der Waals surface area contributed by atoms with E-state index in [1.165, 1.54) is 0 Å². The summed E-state index contributed by atoms with van der Waals surface area (Å²) >= 11 is 1.68. The monoisotopic (exact) mass is 225 g/mol. The predicted molar refractivity (Wildman–Crippen MR) is 63.4 cm³/mol. The molecule has 2 rings (SSSR count). The van der Waals surface area contributed by atoms with E-state index in [0.29, 0.717) is 5.96 Å². The number of thiazole rings is 1. The summed E-state index contributed by atoms with van der Waals surface area (Å²) < 4.78 is 0. The molecule has 0 aliphatic carbocycles. The molecule has 1 aliphatic heterocycles. The fourth-order valence-corrected chi connectivity index (χ4v) is 2.34. The van der Waals surface area contributed by atoms with Crippen molar-refractivity contribution in [3.63, 3.8) is 0 Å². The minimum atomic E-state index is 0.633. The smallest absolute Gasteiger partial charge is 0.191 e. The lowest BCUT2D eigenvalue weighted by Gasteiger charge is -2.34. The van der Waals surface area contributed by atoms with Gasteiger partial charge < -0.3 is 15.5 Å². The number of guanidine groups is 1. The molecule has 2 heterocycles. The van der Waals surface area contributed by atoms with Crippen LogP contribution in [0.5, 0.6) is 0 Å². The lowest BCUT2D eigenvalue weighted by Crippen LogP contribution is -2.51. The largest absolute Gasteiger partial charge is 0.370 e. The Kier molecular flexibility index (Phi) is 3.05. The van der Waals surface area contributed by atoms with Crippen molar-refractivity contribution in [1.29, 1.82) is 0 Å². The summed E-state index contributed by atoms with van der Waals surface area (Å²) in [7, 11) is 1.72. The van der Waals surface area contributed by atoms with Gasteiger partial charge in [-0.05, 0) is 0 Å². The minimum Gasteiger partial charge on any atom is -0.370 e. The van der Waals surface area contributed by atoms with E-state index in [-0.39, 0.29) is 0 Å². The van der Waals surface area contributed by atoms with Gasteiger partial charge in [0.15, 0.2) is 11.1 Å². The molecule has 0 bridgehead atoms. The van der Waals surface area contributed by atoms with Crippen LogP contribution in [0.3, 0.4) is 0 Å². The molecule has 1 aliphatic rings. The maximum absolute atomic E-state index is 5.76. The van der Waals surface area contributed by atoms with Gasteiger partial charge in [0, 0.05) is 44.8 Å². The maximum atomic E-state index is 5.76. The number of piperazine rings is 1. The Labute approximate surface area is 93.2 Å². The van der Waals surface area contributed by atoms with Crippen LogP contribution >= 0.6 is 11.3 Å². The summed E-state index contributed by atoms with van der Waals surface area (Å²) in [6.07, 6.45) is 1.84. The molecule has 1 saturated heterocycles. The Bertz CT molecular complexity index is 326. The lowest BCUT2D eigenvalue weighted by molar-refractivity contribution is 0.381. The van der Waals surface area contributed by atoms with Gasteiger partial charge >= 0.3 is 0 Å². The molecule has 0 atom stereocenters. The first-order valence-electron chi connectivity index (χ1n) is 4.93. The van der Waals surface area contributed by atoms with Gasteiger partial charge in [-0.2, -0.15) is 0 Å². The van der Waals surface area contributed by atoms with Crippen LogP contribution in [-0.4, -0.2) is 49.1 Å². The van der Waals surface area contributed by atoms with Crippen molar-refractivity contribution in [3.8, 4) is 0 Å². The van der Waals surface area contributed by atoms with Gasteiger partial charge in [-0.15, -0.1) is 11.3 Å². The molecule has 1 fully saturated rings. The van der Waals surface area contributed by atoms with Crippen LogP contribution in [-0.2, 0) is 0 Å². The average molecular weight is 225 g/mol. The van der Waals surface area contributed by atoms with E-state index in [4.69, 9.17) is 5.73 Å². The second-order valence-electron chi connectivity index (χ2n) is 3.37. The number of hydrogen-bond acceptors (Lipinski definition) is 4. The molecule has 6 heteroatoms. The van der Waals surface area contributed by atoms with Crippen molar-refractivity contribution in [2.45, 2.75) is 0 Å². The van der Waals surface area contributed by atoms with Crippen LogP contribution in [0.15, 0.2) is 16.6 Å². The van der Waals surface area contributed by atoms with Crippen LogP contribution in [0.25, 0.3) is 0 Å². The van der Waals surface area contributed by atoms with Crippen molar-refractivity contribution < 1.29 is 0 Å². The van der Waals surface area contributed by atoms with Gasteiger partial charge in [0.1, 0.15) is 0 Å². The van der Waals surface area contributed by atoms with Gasteiger partial charge in [0.25, 0.3) is 0 Å². The zero-order valence-corrected chi connectivity index (χ0v) is 9.57. The molecule has 0 spiro atoms. The third kappa shape index (κ3) is 2.20. The molecule has 1 aromatic rings. The average Bonchev–Trinajstić information content (AvgIpc) is 2.82. The Balaban J connectivity index is 1.93. The molecule has 0 aromatic carbocycles. The molecule has 0 radical (unpaired) electrons. The van der Waals surface area contributed by atoms with E-state index in [2.05, 4.69) is 19.8 Å². The van der Waals surface area contributed by atoms with Crippen LogP contribution in [0.1, 0.15) is 0 Å². The topological polar surface area (TPSA) is 57.8 Å². The number of hydrogen-bond donors (Lipinski definition) is 1. The number of rotatable bonds is 1. The Morgan fingerprint density at radius 1 is 1.47 bits per heavy atom. The number of aliphatic imine (C=N–C) groups is 1. The van der Waals surface area contributed by atoms with Crippen molar-refractivity contribution in [2.24, 2.45) is 10.7 Å². The molecule has 0 unspecified atom stereocenters. The third-order valence-electron chi connectivity index (χ3n) is 2.52. The molecular weight excluding hydrogens is 210 g/mol. The van der Waals surface area contributed by atoms with Crippen molar-refractivity contribution >= 4 is 22.4 Å². The first kappa shape index (κ1) is 10.2. The molecule has 5 nitrogen and oxygen atoms in total. The highest BCUT2D eigenvalue weighted by molar-refractivity contribution is 7.13. The van der Waals surface area contributed by atoms with Crippen LogP contribution < -0.4 is 10.6 Å². The normalized spacial score (nSPS) is 18.3. The van der Waals surface area contributed by atoms with E-state index < -0.39 is 0 Å². The van der Waals surface area contributed by atoms with Gasteiger partial charge in [0.2, 0.25) is 0 Å². The molecule has 15 heavy (non-hydrogen) atoms. The fraction of sp³-hybridized carbons (Fsp3) is 0.556. The van der Waals surface area contributed by atoms with E-state index in [9.17, 15) is 0 Å². The molecule has 0 saturated carbocycles. The van der Waals surface area contributed by atoms with E-state index in [1.54, 1.807) is 18.4 Å². The molecule has 0 amide bonds. The molecule has 1 aromatic heterocycles. The Morgan fingerprint density at radius 2 is 2.20 bits per heavy atom. The highest BCUT2D eigenvalue weighted by atomic mass is 32.1. The van der Waals surface area contributed by atoms with Crippen LogP contribution in [0.4, 0.5) is 5.13 Å². The van der Waals surface area contributed by atoms with Gasteiger partial charge in [0.05, 0.1) is 0 Å².